The summed E-state index contributed by atoms with van der Waals surface area (Å²) in [7, 11) is 0. The highest BCUT2D eigenvalue weighted by atomic mass is 32.2. The molecule has 0 saturated heterocycles. The lowest BCUT2D eigenvalue weighted by atomic mass is 10.1. The molecule has 0 amide bonds. The summed E-state index contributed by atoms with van der Waals surface area (Å²) in [4.78, 5) is 0. The normalized spacial score (nSPS) is 12.9. The number of nitrogens with two attached hydrogens (primary N) is 1. The molecule has 2 N–H and O–H groups in total. The maximum absolute atomic E-state index is 5.76. The highest BCUT2D eigenvalue weighted by Gasteiger charge is 2.12. The SMILES string of the molecule is CCC(C)Sc1nnc(C)c(C)c1CN. The van der Waals surface area contributed by atoms with Gasteiger partial charge in [0.15, 0.2) is 0 Å². The third-order valence-electron chi connectivity index (χ3n) is 2.64. The van der Waals surface area contributed by atoms with Gasteiger partial charge in [-0.25, -0.2) is 0 Å². The monoisotopic (exact) mass is 225 g/mol. The van der Waals surface area contributed by atoms with E-state index in [0.717, 1.165) is 22.7 Å². The Kier molecular flexibility index (Phi) is 4.54. The van der Waals surface area contributed by atoms with Crippen molar-refractivity contribution in [1.29, 1.82) is 0 Å². The Morgan fingerprint density at radius 1 is 1.33 bits per heavy atom. The second-order valence-electron chi connectivity index (χ2n) is 3.73. The Bertz CT molecular complexity index is 339. The van der Waals surface area contributed by atoms with E-state index in [2.05, 4.69) is 31.0 Å². The molecule has 0 aliphatic carbocycles. The first-order chi connectivity index (χ1) is 7.10. The minimum Gasteiger partial charge on any atom is -0.326 e. The van der Waals surface area contributed by atoms with E-state index in [1.165, 1.54) is 5.56 Å². The number of rotatable bonds is 4. The van der Waals surface area contributed by atoms with Crippen LogP contribution in [0, 0.1) is 13.8 Å². The van der Waals surface area contributed by atoms with Gasteiger partial charge in [0.05, 0.1) is 5.69 Å². The van der Waals surface area contributed by atoms with Crippen LogP contribution in [0.4, 0.5) is 0 Å². The number of hydrogen-bond acceptors (Lipinski definition) is 4. The summed E-state index contributed by atoms with van der Waals surface area (Å²) in [6.45, 7) is 8.95. The Labute approximate surface area is 95.9 Å². The molecular formula is C11H19N3S. The topological polar surface area (TPSA) is 51.8 Å². The fourth-order valence-electron chi connectivity index (χ4n) is 1.24. The van der Waals surface area contributed by atoms with Crippen molar-refractivity contribution < 1.29 is 0 Å². The zero-order chi connectivity index (χ0) is 11.4. The first-order valence-electron chi connectivity index (χ1n) is 5.29. The van der Waals surface area contributed by atoms with E-state index in [9.17, 15) is 0 Å². The molecule has 0 saturated carbocycles. The fraction of sp³-hybridized carbons (Fsp3) is 0.636. The van der Waals surface area contributed by atoms with E-state index >= 15 is 0 Å². The van der Waals surface area contributed by atoms with E-state index in [0.29, 0.717) is 11.8 Å². The summed E-state index contributed by atoms with van der Waals surface area (Å²) in [6.07, 6.45) is 1.13. The van der Waals surface area contributed by atoms with Crippen molar-refractivity contribution in [3.8, 4) is 0 Å². The van der Waals surface area contributed by atoms with E-state index in [1.807, 2.05) is 6.92 Å². The molecule has 0 fully saturated rings. The lowest BCUT2D eigenvalue weighted by Crippen LogP contribution is -2.08. The van der Waals surface area contributed by atoms with E-state index in [1.54, 1.807) is 11.8 Å². The summed E-state index contributed by atoms with van der Waals surface area (Å²) < 4.78 is 0. The summed E-state index contributed by atoms with van der Waals surface area (Å²) in [5.41, 5.74) is 9.06. The molecule has 0 bridgehead atoms. The Hall–Kier alpha value is -0.610. The molecule has 15 heavy (non-hydrogen) atoms. The molecular weight excluding hydrogens is 206 g/mol. The summed E-state index contributed by atoms with van der Waals surface area (Å²) in [5.74, 6) is 0. The van der Waals surface area contributed by atoms with Crippen LogP contribution >= 0.6 is 11.8 Å². The van der Waals surface area contributed by atoms with Crippen LogP contribution in [-0.4, -0.2) is 15.4 Å². The molecule has 1 unspecified atom stereocenters. The third-order valence-corrected chi connectivity index (χ3v) is 3.92. The van der Waals surface area contributed by atoms with Crippen LogP contribution in [0.3, 0.4) is 0 Å². The first-order valence-corrected chi connectivity index (χ1v) is 6.17. The van der Waals surface area contributed by atoms with Gasteiger partial charge in [0.2, 0.25) is 0 Å². The van der Waals surface area contributed by atoms with Crippen LogP contribution in [0.15, 0.2) is 5.03 Å². The Morgan fingerprint density at radius 3 is 2.53 bits per heavy atom. The highest BCUT2D eigenvalue weighted by Crippen LogP contribution is 2.28. The van der Waals surface area contributed by atoms with Gasteiger partial charge in [-0.1, -0.05) is 13.8 Å². The van der Waals surface area contributed by atoms with E-state index in [4.69, 9.17) is 5.73 Å². The maximum atomic E-state index is 5.76. The van der Waals surface area contributed by atoms with Crippen LogP contribution in [0.25, 0.3) is 0 Å². The number of aryl methyl sites for hydroxylation is 1. The summed E-state index contributed by atoms with van der Waals surface area (Å²) in [6, 6.07) is 0. The average Bonchev–Trinajstić information content (AvgIpc) is 2.24. The standard InChI is InChI=1S/C11H19N3S/c1-5-7(2)15-11-10(6-12)8(3)9(4)13-14-11/h7H,5-6,12H2,1-4H3. The van der Waals surface area contributed by atoms with E-state index < -0.39 is 0 Å². The minimum absolute atomic E-state index is 0.543. The molecule has 0 aliphatic heterocycles. The molecule has 1 heterocycles. The van der Waals surface area contributed by atoms with Gasteiger partial charge in [-0.05, 0) is 25.8 Å². The van der Waals surface area contributed by atoms with Crippen LogP contribution in [-0.2, 0) is 6.54 Å². The highest BCUT2D eigenvalue weighted by molar-refractivity contribution is 7.99. The van der Waals surface area contributed by atoms with Crippen LogP contribution < -0.4 is 5.73 Å². The average molecular weight is 225 g/mol. The van der Waals surface area contributed by atoms with Crippen molar-refractivity contribution in [3.63, 3.8) is 0 Å². The molecule has 4 heteroatoms. The summed E-state index contributed by atoms with van der Waals surface area (Å²) in [5, 5.41) is 9.94. The number of hydrogen-bond donors (Lipinski definition) is 1. The molecule has 84 valence electrons. The van der Waals surface area contributed by atoms with Crippen LogP contribution in [0.2, 0.25) is 0 Å². The van der Waals surface area contributed by atoms with Gasteiger partial charge in [0.1, 0.15) is 5.03 Å². The van der Waals surface area contributed by atoms with Gasteiger partial charge >= 0.3 is 0 Å². The zero-order valence-corrected chi connectivity index (χ0v) is 10.7. The number of nitrogens with zero attached hydrogens (tertiary/aromatic N) is 2. The second kappa shape index (κ2) is 5.47. The Morgan fingerprint density at radius 2 is 2.00 bits per heavy atom. The lowest BCUT2D eigenvalue weighted by molar-refractivity contribution is 0.815. The van der Waals surface area contributed by atoms with Gasteiger partial charge in [0.25, 0.3) is 0 Å². The van der Waals surface area contributed by atoms with E-state index in [-0.39, 0.29) is 0 Å². The first kappa shape index (κ1) is 12.5. The van der Waals surface area contributed by atoms with Gasteiger partial charge in [-0.15, -0.1) is 16.9 Å². The molecule has 0 radical (unpaired) electrons. The van der Waals surface area contributed by atoms with Gasteiger partial charge in [0, 0.05) is 17.4 Å². The molecule has 3 nitrogen and oxygen atoms in total. The molecule has 1 aromatic rings. The second-order valence-corrected chi connectivity index (χ2v) is 5.16. The molecule has 1 atom stereocenters. The third kappa shape index (κ3) is 2.92. The maximum Gasteiger partial charge on any atom is 0.124 e. The largest absolute Gasteiger partial charge is 0.326 e. The molecule has 0 aliphatic rings. The smallest absolute Gasteiger partial charge is 0.124 e. The Balaban J connectivity index is 3.02. The minimum atomic E-state index is 0.543. The van der Waals surface area contributed by atoms with Crippen LogP contribution in [0.1, 0.15) is 37.1 Å². The predicted octanol–water partition coefficient (Wildman–Crippen LogP) is 2.44. The van der Waals surface area contributed by atoms with Crippen molar-refractivity contribution in [1.82, 2.24) is 10.2 Å². The van der Waals surface area contributed by atoms with Gasteiger partial charge in [-0.2, -0.15) is 5.10 Å². The summed E-state index contributed by atoms with van der Waals surface area (Å²) >= 11 is 1.76. The molecule has 0 aromatic carbocycles. The van der Waals surface area contributed by atoms with Gasteiger partial charge < -0.3 is 5.73 Å². The zero-order valence-electron chi connectivity index (χ0n) is 9.87. The van der Waals surface area contributed by atoms with Crippen molar-refractivity contribution in [3.05, 3.63) is 16.8 Å². The van der Waals surface area contributed by atoms with Crippen molar-refractivity contribution in [2.24, 2.45) is 5.73 Å². The van der Waals surface area contributed by atoms with Crippen molar-refractivity contribution >= 4 is 11.8 Å². The van der Waals surface area contributed by atoms with Gasteiger partial charge in [-0.3, -0.25) is 0 Å². The fourth-order valence-corrected chi connectivity index (χ4v) is 2.26. The number of aromatic nitrogens is 2. The molecule has 1 rings (SSSR count). The molecule has 0 spiro atoms. The molecule has 1 aromatic heterocycles. The number of thioether (sulfide) groups is 1. The predicted molar refractivity (Wildman–Crippen MR) is 65.0 cm³/mol. The quantitative estimate of drug-likeness (QED) is 0.800. The van der Waals surface area contributed by atoms with Crippen molar-refractivity contribution in [2.45, 2.75) is 50.9 Å². The lowest BCUT2D eigenvalue weighted by Gasteiger charge is -2.13. The van der Waals surface area contributed by atoms with Crippen LogP contribution in [0.5, 0.6) is 0 Å². The van der Waals surface area contributed by atoms with Crippen molar-refractivity contribution in [2.75, 3.05) is 0 Å².